The molecule has 0 aliphatic heterocycles. The number of carbonyl (C=O) groups is 7. The van der Waals surface area contributed by atoms with Crippen LogP contribution in [-0.4, -0.2) is 109 Å². The van der Waals surface area contributed by atoms with Crippen LogP contribution in [0.5, 0.6) is 5.75 Å². The van der Waals surface area contributed by atoms with Gasteiger partial charge in [-0.05, 0) is 37.0 Å². The molecule has 1 aromatic rings. The lowest BCUT2D eigenvalue weighted by Crippen LogP contribution is -2.50. The van der Waals surface area contributed by atoms with E-state index in [1.165, 1.54) is 30.9 Å². The number of aromatic hydroxyl groups is 1. The SMILES string of the molecule is CCCNC(=O)[C@H](CC(N)=O)NC(=O)CCCCCNC(=O)[C@H](Cc1ccc(O)cc1)NC(=O)CSC[C@H](NC(C)C)C(=O)NCC(=O)NC. The second-order valence-corrected chi connectivity index (χ2v) is 13.0. The molecule has 1 aromatic carbocycles. The maximum Gasteiger partial charge on any atom is 0.243 e. The molecule has 0 aromatic heterocycles. The highest BCUT2D eigenvalue weighted by Crippen LogP contribution is 2.12. The van der Waals surface area contributed by atoms with Crippen LogP contribution in [0.2, 0.25) is 0 Å². The Balaban J connectivity index is 2.66. The largest absolute Gasteiger partial charge is 0.508 e. The van der Waals surface area contributed by atoms with Gasteiger partial charge in [0.1, 0.15) is 17.8 Å². The molecule has 0 aliphatic carbocycles. The number of carbonyl (C=O) groups excluding carboxylic acids is 7. The zero-order valence-electron chi connectivity index (χ0n) is 29.4. The number of phenolic OH excluding ortho intramolecular Hbond substituents is 1. The second-order valence-electron chi connectivity index (χ2n) is 12.0. The number of unbranched alkanes of at least 4 members (excludes halogenated alkanes) is 2. The predicted molar refractivity (Wildman–Crippen MR) is 191 cm³/mol. The number of rotatable bonds is 25. The summed E-state index contributed by atoms with van der Waals surface area (Å²) in [5.74, 6) is -2.81. The van der Waals surface area contributed by atoms with Gasteiger partial charge < -0.3 is 48.1 Å². The van der Waals surface area contributed by atoms with Crippen molar-refractivity contribution in [3.8, 4) is 5.75 Å². The summed E-state index contributed by atoms with van der Waals surface area (Å²) in [5.41, 5.74) is 5.94. The molecule has 280 valence electrons. The predicted octanol–water partition coefficient (Wildman–Crippen LogP) is -1.06. The number of amides is 7. The number of likely N-dealkylation sites (N-methyl/N-ethyl adjacent to an activating group) is 1. The Morgan fingerprint density at radius 3 is 2.02 bits per heavy atom. The van der Waals surface area contributed by atoms with Gasteiger partial charge in [-0.15, -0.1) is 11.8 Å². The Kier molecular flexibility index (Phi) is 21.6. The molecule has 0 fully saturated rings. The molecule has 10 N–H and O–H groups in total. The van der Waals surface area contributed by atoms with Gasteiger partial charge in [0.25, 0.3) is 0 Å². The maximum absolute atomic E-state index is 13.2. The number of hydrogen-bond acceptors (Lipinski definition) is 10. The average Bonchev–Trinajstić information content (AvgIpc) is 3.06. The lowest BCUT2D eigenvalue weighted by Gasteiger charge is -2.21. The Morgan fingerprint density at radius 2 is 1.40 bits per heavy atom. The molecule has 7 amide bonds. The summed E-state index contributed by atoms with van der Waals surface area (Å²) in [5, 5.41) is 28.6. The van der Waals surface area contributed by atoms with Gasteiger partial charge in [0.15, 0.2) is 0 Å². The van der Waals surface area contributed by atoms with Crippen molar-refractivity contribution >= 4 is 53.1 Å². The Hall–Kier alpha value is -4.38. The fraction of sp³-hybridized carbons (Fsp3) is 0.606. The summed E-state index contributed by atoms with van der Waals surface area (Å²) in [6.45, 7) is 6.16. The smallest absolute Gasteiger partial charge is 0.243 e. The Morgan fingerprint density at radius 1 is 0.780 bits per heavy atom. The molecule has 17 heteroatoms. The summed E-state index contributed by atoms with van der Waals surface area (Å²) in [6.07, 6.45) is 2.28. The summed E-state index contributed by atoms with van der Waals surface area (Å²) >= 11 is 1.20. The molecule has 0 aliphatic rings. The number of nitrogens with two attached hydrogens (primary N) is 1. The van der Waals surface area contributed by atoms with Crippen molar-refractivity contribution in [3.05, 3.63) is 29.8 Å². The second kappa shape index (κ2) is 24.7. The summed E-state index contributed by atoms with van der Waals surface area (Å²) in [4.78, 5) is 86.2. The van der Waals surface area contributed by atoms with E-state index in [0.717, 1.165) is 0 Å². The highest BCUT2D eigenvalue weighted by atomic mass is 32.2. The molecule has 3 atom stereocenters. The molecule has 0 bridgehead atoms. The number of nitrogens with one attached hydrogen (secondary N) is 7. The van der Waals surface area contributed by atoms with E-state index in [1.807, 2.05) is 20.8 Å². The van der Waals surface area contributed by atoms with E-state index in [-0.39, 0.29) is 67.5 Å². The van der Waals surface area contributed by atoms with Crippen molar-refractivity contribution in [3.63, 3.8) is 0 Å². The molecule has 1 rings (SSSR count). The molecule has 50 heavy (non-hydrogen) atoms. The quantitative estimate of drug-likeness (QED) is 0.0554. The highest BCUT2D eigenvalue weighted by Gasteiger charge is 2.24. The van der Waals surface area contributed by atoms with Crippen LogP contribution in [0.4, 0.5) is 0 Å². The first-order valence-corrected chi connectivity index (χ1v) is 17.9. The van der Waals surface area contributed by atoms with Gasteiger partial charge in [0.05, 0.1) is 24.8 Å². The van der Waals surface area contributed by atoms with Gasteiger partial charge in [0.2, 0.25) is 41.4 Å². The molecular formula is C33H54N8O8S. The first-order chi connectivity index (χ1) is 23.7. The van der Waals surface area contributed by atoms with Crippen molar-refractivity contribution in [1.29, 1.82) is 0 Å². The van der Waals surface area contributed by atoms with E-state index in [4.69, 9.17) is 5.73 Å². The van der Waals surface area contributed by atoms with Crippen molar-refractivity contribution in [1.82, 2.24) is 37.2 Å². The van der Waals surface area contributed by atoms with E-state index in [0.29, 0.717) is 37.8 Å². The fourth-order valence-corrected chi connectivity index (χ4v) is 5.40. The molecular weight excluding hydrogens is 668 g/mol. The van der Waals surface area contributed by atoms with E-state index >= 15 is 0 Å². The summed E-state index contributed by atoms with van der Waals surface area (Å²) < 4.78 is 0. The van der Waals surface area contributed by atoms with Crippen LogP contribution < -0.4 is 43.0 Å². The number of thioether (sulfide) groups is 1. The first kappa shape index (κ1) is 43.6. The number of hydrogen-bond donors (Lipinski definition) is 9. The van der Waals surface area contributed by atoms with Crippen molar-refractivity contribution in [2.75, 3.05) is 38.2 Å². The van der Waals surface area contributed by atoms with Crippen LogP contribution in [0.3, 0.4) is 0 Å². The lowest BCUT2D eigenvalue weighted by atomic mass is 10.0. The first-order valence-electron chi connectivity index (χ1n) is 16.8. The van der Waals surface area contributed by atoms with Crippen LogP contribution in [0.1, 0.15) is 64.9 Å². The van der Waals surface area contributed by atoms with Crippen LogP contribution >= 0.6 is 11.8 Å². The molecule has 0 saturated heterocycles. The minimum absolute atomic E-state index is 0.0268. The van der Waals surface area contributed by atoms with E-state index in [9.17, 15) is 38.7 Å². The number of benzene rings is 1. The van der Waals surface area contributed by atoms with E-state index < -0.39 is 47.7 Å². The summed E-state index contributed by atoms with van der Waals surface area (Å²) in [7, 11) is 1.47. The molecule has 0 radical (unpaired) electrons. The zero-order valence-corrected chi connectivity index (χ0v) is 30.2. The Bertz CT molecular complexity index is 1260. The monoisotopic (exact) mass is 722 g/mol. The van der Waals surface area contributed by atoms with Gasteiger partial charge in [0, 0.05) is 44.8 Å². The van der Waals surface area contributed by atoms with Crippen LogP contribution in [0, 0.1) is 0 Å². The molecule has 16 nitrogen and oxygen atoms in total. The van der Waals surface area contributed by atoms with Crippen LogP contribution in [0.15, 0.2) is 24.3 Å². The van der Waals surface area contributed by atoms with Gasteiger partial charge in [-0.3, -0.25) is 33.6 Å². The third-order valence-electron chi connectivity index (χ3n) is 7.08. The zero-order chi connectivity index (χ0) is 37.5. The van der Waals surface area contributed by atoms with Gasteiger partial charge in [-0.2, -0.15) is 0 Å². The van der Waals surface area contributed by atoms with Crippen molar-refractivity contribution in [2.24, 2.45) is 5.73 Å². The fourth-order valence-electron chi connectivity index (χ4n) is 4.53. The van der Waals surface area contributed by atoms with E-state index in [1.54, 1.807) is 12.1 Å². The minimum atomic E-state index is -1.04. The number of primary amides is 1. The standard InChI is InChI=1S/C33H54N8O8S/c1-5-14-36-32(48)25(17-27(34)43)40-28(44)9-7-6-8-15-37-31(47)24(16-22-10-12-23(42)13-11-22)41-30(46)20-50-19-26(39-21(2)3)33(49)38-18-29(45)35-4/h10-13,21,24-26,39,42H,5-9,14-20H2,1-4H3,(H2,34,43)(H,35,45)(H,36,48)(H,37,47)(H,38,49)(H,40,44)(H,41,46)/t24-,25-,26-/m0/s1. The van der Waals surface area contributed by atoms with Gasteiger partial charge in [-0.1, -0.05) is 39.3 Å². The molecule has 0 spiro atoms. The maximum atomic E-state index is 13.2. The average molecular weight is 723 g/mol. The third-order valence-corrected chi connectivity index (χ3v) is 8.12. The van der Waals surface area contributed by atoms with E-state index in [2.05, 4.69) is 37.2 Å². The van der Waals surface area contributed by atoms with Crippen LogP contribution in [-0.2, 0) is 40.0 Å². The van der Waals surface area contributed by atoms with Gasteiger partial charge in [-0.25, -0.2) is 0 Å². The third kappa shape index (κ3) is 19.6. The molecule has 0 unspecified atom stereocenters. The summed E-state index contributed by atoms with van der Waals surface area (Å²) in [6, 6.07) is 3.65. The normalized spacial score (nSPS) is 12.6. The van der Waals surface area contributed by atoms with Crippen molar-refractivity contribution < 1.29 is 38.7 Å². The Labute approximate surface area is 298 Å². The minimum Gasteiger partial charge on any atom is -0.508 e. The topological polar surface area (TPSA) is 250 Å². The molecule has 0 heterocycles. The van der Waals surface area contributed by atoms with Crippen molar-refractivity contribution in [2.45, 2.75) is 89.9 Å². The molecule has 0 saturated carbocycles. The highest BCUT2D eigenvalue weighted by molar-refractivity contribution is 8.00. The number of phenols is 1. The van der Waals surface area contributed by atoms with Crippen LogP contribution in [0.25, 0.3) is 0 Å². The van der Waals surface area contributed by atoms with Gasteiger partial charge >= 0.3 is 0 Å². The lowest BCUT2D eigenvalue weighted by molar-refractivity contribution is -0.131.